The molecule has 0 unspecified atom stereocenters. The molecule has 7 heteroatoms. The standard InChI is InChI=1S/C18H19ClN2O3S/c1-25(23,24)21-16-4-2-3-13(9-16)18(22)20-17-10-14(11-17)12-5-7-15(19)8-6-12/h2-9,14,17,21H,10-11H2,1H3,(H,20,22). The summed E-state index contributed by atoms with van der Waals surface area (Å²) >= 11 is 5.90. The summed E-state index contributed by atoms with van der Waals surface area (Å²) in [5.41, 5.74) is 2.04. The predicted octanol–water partition coefficient (Wildman–Crippen LogP) is 3.39. The largest absolute Gasteiger partial charge is 0.349 e. The van der Waals surface area contributed by atoms with Crippen molar-refractivity contribution in [3.8, 4) is 0 Å². The highest BCUT2D eigenvalue weighted by molar-refractivity contribution is 7.92. The molecule has 2 aromatic rings. The number of carbonyl (C=O) groups excluding carboxylic acids is 1. The predicted molar refractivity (Wildman–Crippen MR) is 99.6 cm³/mol. The van der Waals surface area contributed by atoms with Crippen LogP contribution in [0.4, 0.5) is 5.69 Å². The first-order valence-electron chi connectivity index (χ1n) is 7.94. The lowest BCUT2D eigenvalue weighted by atomic mass is 9.76. The Morgan fingerprint density at radius 2 is 1.80 bits per heavy atom. The molecule has 0 aliphatic heterocycles. The van der Waals surface area contributed by atoms with Gasteiger partial charge in [0, 0.05) is 22.3 Å². The fourth-order valence-electron chi connectivity index (χ4n) is 2.95. The van der Waals surface area contributed by atoms with Gasteiger partial charge in [-0.05, 0) is 54.7 Å². The van der Waals surface area contributed by atoms with Gasteiger partial charge in [-0.25, -0.2) is 8.42 Å². The number of halogens is 1. The van der Waals surface area contributed by atoms with Crippen molar-refractivity contribution in [3.63, 3.8) is 0 Å². The van der Waals surface area contributed by atoms with Crippen LogP contribution in [0.2, 0.25) is 5.02 Å². The van der Waals surface area contributed by atoms with Crippen molar-refractivity contribution in [1.29, 1.82) is 0 Å². The van der Waals surface area contributed by atoms with E-state index in [1.54, 1.807) is 18.2 Å². The fourth-order valence-corrected chi connectivity index (χ4v) is 3.63. The van der Waals surface area contributed by atoms with Gasteiger partial charge in [-0.15, -0.1) is 0 Å². The maximum Gasteiger partial charge on any atom is 0.251 e. The molecule has 1 fully saturated rings. The summed E-state index contributed by atoms with van der Waals surface area (Å²) in [5.74, 6) is 0.234. The first-order chi connectivity index (χ1) is 11.8. The van der Waals surface area contributed by atoms with Gasteiger partial charge in [0.05, 0.1) is 6.26 Å². The molecule has 1 aliphatic rings. The maximum atomic E-state index is 12.3. The fraction of sp³-hybridized carbons (Fsp3) is 0.278. The van der Waals surface area contributed by atoms with E-state index in [1.807, 2.05) is 24.3 Å². The van der Waals surface area contributed by atoms with Crippen LogP contribution in [-0.4, -0.2) is 26.6 Å². The lowest BCUT2D eigenvalue weighted by molar-refractivity contribution is 0.0909. The summed E-state index contributed by atoms with van der Waals surface area (Å²) in [6.45, 7) is 0. The van der Waals surface area contributed by atoms with Gasteiger partial charge in [-0.1, -0.05) is 29.8 Å². The molecule has 1 aliphatic carbocycles. The molecule has 25 heavy (non-hydrogen) atoms. The second-order valence-electron chi connectivity index (χ2n) is 6.35. The molecule has 1 amide bonds. The van der Waals surface area contributed by atoms with Gasteiger partial charge >= 0.3 is 0 Å². The highest BCUT2D eigenvalue weighted by atomic mass is 35.5. The monoisotopic (exact) mass is 378 g/mol. The number of carbonyl (C=O) groups is 1. The SMILES string of the molecule is CS(=O)(=O)Nc1cccc(C(=O)NC2CC(c3ccc(Cl)cc3)C2)c1. The molecular weight excluding hydrogens is 360 g/mol. The van der Waals surface area contributed by atoms with Crippen LogP contribution in [0.3, 0.4) is 0 Å². The van der Waals surface area contributed by atoms with Crippen LogP contribution < -0.4 is 10.0 Å². The number of sulfonamides is 1. The Bertz CT molecular complexity index is 875. The topological polar surface area (TPSA) is 75.3 Å². The van der Waals surface area contributed by atoms with Gasteiger partial charge in [-0.2, -0.15) is 0 Å². The maximum absolute atomic E-state index is 12.3. The number of amides is 1. The average molecular weight is 379 g/mol. The Balaban J connectivity index is 1.57. The van der Waals surface area contributed by atoms with Crippen LogP contribution in [0.25, 0.3) is 0 Å². The molecule has 0 heterocycles. The van der Waals surface area contributed by atoms with Crippen LogP contribution >= 0.6 is 11.6 Å². The highest BCUT2D eigenvalue weighted by Crippen LogP contribution is 2.37. The summed E-state index contributed by atoms with van der Waals surface area (Å²) in [6.07, 6.45) is 2.84. The summed E-state index contributed by atoms with van der Waals surface area (Å²) in [7, 11) is -3.37. The highest BCUT2D eigenvalue weighted by Gasteiger charge is 2.31. The minimum atomic E-state index is -3.37. The zero-order valence-electron chi connectivity index (χ0n) is 13.7. The van der Waals surface area contributed by atoms with E-state index < -0.39 is 10.0 Å². The molecule has 132 valence electrons. The Labute approximate surface area is 152 Å². The van der Waals surface area contributed by atoms with Crippen LogP contribution in [0.5, 0.6) is 0 Å². The molecule has 0 aromatic heterocycles. The normalized spacial score (nSPS) is 19.8. The third kappa shape index (κ3) is 4.74. The molecular formula is C18H19ClN2O3S. The van der Waals surface area contributed by atoms with Crippen molar-refractivity contribution in [1.82, 2.24) is 5.32 Å². The van der Waals surface area contributed by atoms with E-state index in [0.717, 1.165) is 24.1 Å². The van der Waals surface area contributed by atoms with Gasteiger partial charge in [0.15, 0.2) is 0 Å². The summed E-state index contributed by atoms with van der Waals surface area (Å²) in [5, 5.41) is 3.71. The van der Waals surface area contributed by atoms with Crippen LogP contribution in [0, 0.1) is 0 Å². The third-order valence-electron chi connectivity index (χ3n) is 4.24. The number of nitrogens with one attached hydrogen (secondary N) is 2. The van der Waals surface area contributed by atoms with Crippen molar-refractivity contribution >= 4 is 33.2 Å². The molecule has 1 saturated carbocycles. The van der Waals surface area contributed by atoms with E-state index in [0.29, 0.717) is 17.2 Å². The summed E-state index contributed by atoms with van der Waals surface area (Å²) < 4.78 is 24.9. The van der Waals surface area contributed by atoms with E-state index >= 15 is 0 Å². The molecule has 2 aromatic carbocycles. The Kier molecular flexibility index (Phi) is 5.01. The van der Waals surface area contributed by atoms with Gasteiger partial charge in [-0.3, -0.25) is 9.52 Å². The van der Waals surface area contributed by atoms with Crippen molar-refractivity contribution in [2.45, 2.75) is 24.8 Å². The second kappa shape index (κ2) is 7.06. The third-order valence-corrected chi connectivity index (χ3v) is 5.10. The Hall–Kier alpha value is -2.05. The van der Waals surface area contributed by atoms with Crippen molar-refractivity contribution in [2.75, 3.05) is 11.0 Å². The molecule has 2 N–H and O–H groups in total. The average Bonchev–Trinajstić information content (AvgIpc) is 2.50. The summed E-state index contributed by atoms with van der Waals surface area (Å²) in [4.78, 5) is 12.3. The zero-order valence-corrected chi connectivity index (χ0v) is 15.3. The molecule has 0 spiro atoms. The van der Waals surface area contributed by atoms with Crippen molar-refractivity contribution in [3.05, 3.63) is 64.7 Å². The first-order valence-corrected chi connectivity index (χ1v) is 10.2. The quantitative estimate of drug-likeness (QED) is 0.837. The van der Waals surface area contributed by atoms with Gasteiger partial charge < -0.3 is 5.32 Å². The van der Waals surface area contributed by atoms with E-state index in [4.69, 9.17) is 11.6 Å². The lowest BCUT2D eigenvalue weighted by Gasteiger charge is -2.36. The number of rotatable bonds is 5. The number of hydrogen-bond acceptors (Lipinski definition) is 3. The van der Waals surface area contributed by atoms with E-state index in [9.17, 15) is 13.2 Å². The Morgan fingerprint density at radius 3 is 2.44 bits per heavy atom. The summed E-state index contributed by atoms with van der Waals surface area (Å²) in [6, 6.07) is 14.4. The minimum absolute atomic E-state index is 0.125. The van der Waals surface area contributed by atoms with E-state index in [2.05, 4.69) is 10.0 Å². The number of hydrogen-bond donors (Lipinski definition) is 2. The smallest absolute Gasteiger partial charge is 0.251 e. The van der Waals surface area contributed by atoms with Crippen LogP contribution in [-0.2, 0) is 10.0 Å². The van der Waals surface area contributed by atoms with E-state index in [1.165, 1.54) is 11.6 Å². The Morgan fingerprint density at radius 1 is 1.12 bits per heavy atom. The number of benzene rings is 2. The van der Waals surface area contributed by atoms with Crippen molar-refractivity contribution in [2.24, 2.45) is 0 Å². The van der Waals surface area contributed by atoms with Gasteiger partial charge in [0.2, 0.25) is 10.0 Å². The molecule has 0 saturated heterocycles. The molecule has 0 bridgehead atoms. The minimum Gasteiger partial charge on any atom is -0.349 e. The van der Waals surface area contributed by atoms with Crippen LogP contribution in [0.1, 0.15) is 34.7 Å². The lowest BCUT2D eigenvalue weighted by Crippen LogP contribution is -2.43. The molecule has 0 atom stereocenters. The van der Waals surface area contributed by atoms with E-state index in [-0.39, 0.29) is 11.9 Å². The number of anilines is 1. The van der Waals surface area contributed by atoms with Crippen molar-refractivity contribution < 1.29 is 13.2 Å². The molecule has 0 radical (unpaired) electrons. The van der Waals surface area contributed by atoms with Crippen LogP contribution in [0.15, 0.2) is 48.5 Å². The molecule has 5 nitrogen and oxygen atoms in total. The molecule has 3 rings (SSSR count). The first kappa shape index (κ1) is 17.8. The zero-order chi connectivity index (χ0) is 18.0. The van der Waals surface area contributed by atoms with Gasteiger partial charge in [0.25, 0.3) is 5.91 Å². The van der Waals surface area contributed by atoms with Gasteiger partial charge in [0.1, 0.15) is 0 Å². The second-order valence-corrected chi connectivity index (χ2v) is 8.53.